The number of fused-ring (bicyclic) bond motifs is 1. The van der Waals surface area contributed by atoms with Crippen LogP contribution in [0.1, 0.15) is 68.7 Å². The van der Waals surface area contributed by atoms with Gasteiger partial charge in [0.25, 0.3) is 0 Å². The van der Waals surface area contributed by atoms with Gasteiger partial charge in [-0.3, -0.25) is 4.79 Å². The number of rotatable bonds is 5. The van der Waals surface area contributed by atoms with Gasteiger partial charge in [-0.2, -0.15) is 0 Å². The van der Waals surface area contributed by atoms with Gasteiger partial charge < -0.3 is 9.47 Å². The highest BCUT2D eigenvalue weighted by atomic mass is 16.5. The molecule has 1 aliphatic heterocycles. The molecule has 0 spiro atoms. The molecule has 3 heteroatoms. The molecule has 0 aliphatic carbocycles. The van der Waals surface area contributed by atoms with Gasteiger partial charge in [0, 0.05) is 18.9 Å². The average molecular weight is 330 g/mol. The zero-order chi connectivity index (χ0) is 17.9. The molecule has 0 radical (unpaired) electrons. The molecule has 0 saturated heterocycles. The lowest BCUT2D eigenvalue weighted by Crippen LogP contribution is -2.36. The number of esters is 1. The van der Waals surface area contributed by atoms with Crippen LogP contribution in [0.15, 0.2) is 12.2 Å². The minimum atomic E-state index is -0.275. The van der Waals surface area contributed by atoms with Crippen molar-refractivity contribution in [1.29, 1.82) is 0 Å². The Hall–Kier alpha value is -1.77. The van der Waals surface area contributed by atoms with Crippen LogP contribution >= 0.6 is 0 Å². The van der Waals surface area contributed by atoms with Crippen molar-refractivity contribution in [2.45, 2.75) is 79.2 Å². The summed E-state index contributed by atoms with van der Waals surface area (Å²) in [6.45, 7) is 11.9. The van der Waals surface area contributed by atoms with E-state index in [0.29, 0.717) is 5.75 Å². The second kappa shape index (κ2) is 7.42. The van der Waals surface area contributed by atoms with E-state index in [4.69, 9.17) is 9.47 Å². The van der Waals surface area contributed by atoms with Crippen LogP contribution in [0.3, 0.4) is 0 Å². The van der Waals surface area contributed by atoms with Crippen LogP contribution in [0.5, 0.6) is 11.5 Å². The summed E-state index contributed by atoms with van der Waals surface area (Å²) in [5, 5.41) is 0. The highest BCUT2D eigenvalue weighted by Crippen LogP contribution is 2.44. The van der Waals surface area contributed by atoms with E-state index in [1.165, 1.54) is 18.9 Å². The van der Waals surface area contributed by atoms with E-state index in [2.05, 4.69) is 32.9 Å². The normalized spacial score (nSPS) is 19.9. The van der Waals surface area contributed by atoms with E-state index < -0.39 is 0 Å². The standard InChI is InChI=1S/C21H30O3/c1-7-8-9-10-12-21(6)13-11-18-16(4)19(23-17(5)22)14(2)15(3)20(18)24-21/h9-10H,7-8,11-13H2,1-6H3/t21-/m1/s1. The number of carbonyl (C=O) groups excluding carboxylic acids is 1. The summed E-state index contributed by atoms with van der Waals surface area (Å²) in [5.74, 6) is 1.41. The van der Waals surface area contributed by atoms with E-state index in [0.717, 1.165) is 48.1 Å². The Labute approximate surface area is 146 Å². The quantitative estimate of drug-likeness (QED) is 0.414. The number of unbranched alkanes of at least 4 members (excludes halogenated alkanes) is 1. The van der Waals surface area contributed by atoms with Gasteiger partial charge in [0.2, 0.25) is 0 Å². The molecule has 1 atom stereocenters. The molecule has 0 aromatic heterocycles. The summed E-state index contributed by atoms with van der Waals surface area (Å²) in [5.41, 5.74) is 4.13. The maximum Gasteiger partial charge on any atom is 0.308 e. The van der Waals surface area contributed by atoms with Crippen molar-refractivity contribution >= 4 is 5.97 Å². The monoisotopic (exact) mass is 330 g/mol. The van der Waals surface area contributed by atoms with Gasteiger partial charge in [-0.05, 0) is 63.6 Å². The number of ether oxygens (including phenoxy) is 2. The van der Waals surface area contributed by atoms with E-state index in [9.17, 15) is 4.79 Å². The highest BCUT2D eigenvalue weighted by Gasteiger charge is 2.34. The Bertz CT molecular complexity index is 658. The molecular weight excluding hydrogens is 300 g/mol. The smallest absolute Gasteiger partial charge is 0.308 e. The molecule has 1 heterocycles. The largest absolute Gasteiger partial charge is 0.487 e. The molecule has 0 amide bonds. The van der Waals surface area contributed by atoms with Gasteiger partial charge in [-0.1, -0.05) is 25.5 Å². The van der Waals surface area contributed by atoms with Crippen LogP contribution in [0, 0.1) is 20.8 Å². The van der Waals surface area contributed by atoms with Crippen LogP contribution in [0.4, 0.5) is 0 Å². The fraction of sp³-hybridized carbons (Fsp3) is 0.571. The average Bonchev–Trinajstić information content (AvgIpc) is 2.53. The van der Waals surface area contributed by atoms with Crippen molar-refractivity contribution in [3.05, 3.63) is 34.4 Å². The van der Waals surface area contributed by atoms with Crippen LogP contribution in [-0.2, 0) is 11.2 Å². The molecule has 1 aliphatic rings. The Morgan fingerprint density at radius 1 is 1.21 bits per heavy atom. The van der Waals surface area contributed by atoms with Crippen molar-refractivity contribution in [3.8, 4) is 11.5 Å². The minimum Gasteiger partial charge on any atom is -0.487 e. The van der Waals surface area contributed by atoms with E-state index in [1.807, 2.05) is 13.8 Å². The molecule has 0 fully saturated rings. The summed E-state index contributed by atoms with van der Waals surface area (Å²) >= 11 is 0. The molecule has 132 valence electrons. The zero-order valence-corrected chi connectivity index (χ0v) is 15.9. The summed E-state index contributed by atoms with van der Waals surface area (Å²) in [7, 11) is 0. The predicted molar refractivity (Wildman–Crippen MR) is 98.0 cm³/mol. The first-order valence-electron chi connectivity index (χ1n) is 8.94. The van der Waals surface area contributed by atoms with Gasteiger partial charge in [0.15, 0.2) is 0 Å². The molecule has 2 rings (SSSR count). The Kier molecular flexibility index (Phi) is 5.74. The van der Waals surface area contributed by atoms with Gasteiger partial charge in [0.05, 0.1) is 0 Å². The second-order valence-electron chi connectivity index (χ2n) is 7.12. The third-order valence-corrected chi connectivity index (χ3v) is 4.98. The molecule has 1 aromatic carbocycles. The lowest BCUT2D eigenvalue weighted by molar-refractivity contribution is -0.132. The SMILES string of the molecule is CCCC=CC[C@]1(C)CCc2c(C)c(OC(C)=O)c(C)c(C)c2O1. The van der Waals surface area contributed by atoms with E-state index >= 15 is 0 Å². The maximum absolute atomic E-state index is 11.4. The van der Waals surface area contributed by atoms with Crippen LogP contribution in [0.2, 0.25) is 0 Å². The molecule has 0 N–H and O–H groups in total. The summed E-state index contributed by atoms with van der Waals surface area (Å²) < 4.78 is 11.9. The lowest BCUT2D eigenvalue weighted by atomic mass is 9.85. The van der Waals surface area contributed by atoms with Crippen molar-refractivity contribution in [3.63, 3.8) is 0 Å². The van der Waals surface area contributed by atoms with Crippen molar-refractivity contribution < 1.29 is 14.3 Å². The number of carbonyl (C=O) groups is 1. The van der Waals surface area contributed by atoms with Crippen molar-refractivity contribution in [2.24, 2.45) is 0 Å². The third kappa shape index (κ3) is 3.82. The molecule has 3 nitrogen and oxygen atoms in total. The first-order valence-corrected chi connectivity index (χ1v) is 8.94. The van der Waals surface area contributed by atoms with E-state index in [1.54, 1.807) is 0 Å². The molecule has 24 heavy (non-hydrogen) atoms. The van der Waals surface area contributed by atoms with Crippen molar-refractivity contribution in [1.82, 2.24) is 0 Å². The van der Waals surface area contributed by atoms with Crippen LogP contribution in [0.25, 0.3) is 0 Å². The first kappa shape index (κ1) is 18.6. The number of hydrogen-bond acceptors (Lipinski definition) is 3. The Morgan fingerprint density at radius 2 is 1.92 bits per heavy atom. The van der Waals surface area contributed by atoms with Crippen LogP contribution < -0.4 is 9.47 Å². The minimum absolute atomic E-state index is 0.163. The lowest BCUT2D eigenvalue weighted by Gasteiger charge is -2.37. The molecule has 1 aromatic rings. The summed E-state index contributed by atoms with van der Waals surface area (Å²) in [6, 6.07) is 0. The second-order valence-corrected chi connectivity index (χ2v) is 7.12. The number of allylic oxidation sites excluding steroid dienone is 1. The van der Waals surface area contributed by atoms with Gasteiger partial charge in [-0.15, -0.1) is 0 Å². The maximum atomic E-state index is 11.4. The zero-order valence-electron chi connectivity index (χ0n) is 15.9. The molecule has 0 saturated carbocycles. The topological polar surface area (TPSA) is 35.5 Å². The predicted octanol–water partition coefficient (Wildman–Crippen LogP) is 5.37. The number of hydrogen-bond donors (Lipinski definition) is 0. The Balaban J connectivity index is 2.33. The van der Waals surface area contributed by atoms with Crippen molar-refractivity contribution in [2.75, 3.05) is 0 Å². The fourth-order valence-corrected chi connectivity index (χ4v) is 3.34. The Morgan fingerprint density at radius 3 is 2.54 bits per heavy atom. The van der Waals surface area contributed by atoms with Gasteiger partial charge in [-0.25, -0.2) is 0 Å². The van der Waals surface area contributed by atoms with Gasteiger partial charge in [0.1, 0.15) is 17.1 Å². The summed E-state index contributed by atoms with van der Waals surface area (Å²) in [4.78, 5) is 11.4. The van der Waals surface area contributed by atoms with E-state index in [-0.39, 0.29) is 11.6 Å². The first-order chi connectivity index (χ1) is 11.3. The van der Waals surface area contributed by atoms with Gasteiger partial charge >= 0.3 is 5.97 Å². The number of benzene rings is 1. The highest BCUT2D eigenvalue weighted by molar-refractivity contribution is 5.72. The third-order valence-electron chi connectivity index (χ3n) is 4.98. The molecular formula is C21H30O3. The van der Waals surface area contributed by atoms with Crippen LogP contribution in [-0.4, -0.2) is 11.6 Å². The fourth-order valence-electron chi connectivity index (χ4n) is 3.34. The molecule has 0 bridgehead atoms. The summed E-state index contributed by atoms with van der Waals surface area (Å²) in [6.07, 6.45) is 9.64. The molecule has 0 unspecified atom stereocenters.